The number of hydrazine groups is 1. The quantitative estimate of drug-likeness (QED) is 0.580. The van der Waals surface area contributed by atoms with Crippen LogP contribution in [0.5, 0.6) is 5.75 Å². The first-order chi connectivity index (χ1) is 13.9. The van der Waals surface area contributed by atoms with Crippen molar-refractivity contribution in [2.45, 2.75) is 19.9 Å². The predicted molar refractivity (Wildman–Crippen MR) is 113 cm³/mol. The van der Waals surface area contributed by atoms with Crippen LogP contribution in [-0.4, -0.2) is 35.7 Å². The third kappa shape index (κ3) is 4.52. The van der Waals surface area contributed by atoms with Crippen molar-refractivity contribution < 1.29 is 14.3 Å². The summed E-state index contributed by atoms with van der Waals surface area (Å²) < 4.78 is 5.18. The zero-order chi connectivity index (χ0) is 21.0. The fraction of sp³-hybridized carbons (Fsp3) is 0.227. The van der Waals surface area contributed by atoms with Crippen molar-refractivity contribution in [2.75, 3.05) is 12.4 Å². The summed E-state index contributed by atoms with van der Waals surface area (Å²) in [5, 5.41) is 4.51. The topological polar surface area (TPSA) is 97.0 Å². The van der Waals surface area contributed by atoms with Gasteiger partial charge in [0, 0.05) is 5.69 Å². The third-order valence-electron chi connectivity index (χ3n) is 4.75. The number of Topliss-reactive ketones (excluding diaryl/α,β-unsaturated/α-hetero) is 2. The van der Waals surface area contributed by atoms with Crippen LogP contribution in [0.3, 0.4) is 0 Å². The minimum atomic E-state index is -0.887. The predicted octanol–water partition coefficient (Wildman–Crippen LogP) is 2.86. The summed E-state index contributed by atoms with van der Waals surface area (Å²) in [5.74, 6) is 6.00. The van der Waals surface area contributed by atoms with Crippen LogP contribution < -0.4 is 15.9 Å². The van der Waals surface area contributed by atoms with Gasteiger partial charge in [0.1, 0.15) is 23.2 Å². The van der Waals surface area contributed by atoms with E-state index < -0.39 is 12.0 Å². The van der Waals surface area contributed by atoms with E-state index in [4.69, 9.17) is 10.6 Å². The number of hydrogen-bond acceptors (Lipinski definition) is 7. The maximum atomic E-state index is 12.2. The van der Waals surface area contributed by atoms with Crippen LogP contribution in [0.4, 0.5) is 5.69 Å². The standard InChI is InChI=1S/C22H24N4O3/c1-14(27)21(15(2)28)20-13-19(16-7-5-4-6-8-16)25-22(26(20)23)24-17-9-11-18(29-3)12-10-17/h4-13,20-21H,23H2,1-3H3,(H,24,25). The molecule has 0 bridgehead atoms. The number of guanidine groups is 1. The molecule has 0 fully saturated rings. The lowest BCUT2D eigenvalue weighted by molar-refractivity contribution is -0.131. The molecule has 0 aliphatic carbocycles. The van der Waals surface area contributed by atoms with E-state index in [9.17, 15) is 9.59 Å². The van der Waals surface area contributed by atoms with E-state index in [0.717, 1.165) is 17.0 Å². The van der Waals surface area contributed by atoms with Gasteiger partial charge in [-0.25, -0.2) is 10.8 Å². The highest BCUT2D eigenvalue weighted by Crippen LogP contribution is 2.27. The Labute approximate surface area is 169 Å². The number of anilines is 1. The molecule has 1 atom stereocenters. The molecule has 0 saturated heterocycles. The molecule has 3 rings (SSSR count). The molecule has 7 heteroatoms. The van der Waals surface area contributed by atoms with E-state index in [0.29, 0.717) is 11.7 Å². The van der Waals surface area contributed by atoms with Crippen LogP contribution in [0.15, 0.2) is 65.7 Å². The number of carbonyl (C=O) groups excluding carboxylic acids is 2. The monoisotopic (exact) mass is 392 g/mol. The Bertz CT molecular complexity index is 938. The number of benzene rings is 2. The van der Waals surface area contributed by atoms with E-state index in [1.54, 1.807) is 13.2 Å². The summed E-state index contributed by atoms with van der Waals surface area (Å²) in [6.07, 6.45) is 1.77. The highest BCUT2D eigenvalue weighted by Gasteiger charge is 2.36. The third-order valence-corrected chi connectivity index (χ3v) is 4.75. The first-order valence-electron chi connectivity index (χ1n) is 9.22. The number of methoxy groups -OCH3 is 1. The normalized spacial score (nSPS) is 16.2. The van der Waals surface area contributed by atoms with Crippen LogP contribution in [0.1, 0.15) is 19.4 Å². The highest BCUT2D eigenvalue weighted by molar-refractivity contribution is 6.04. The summed E-state index contributed by atoms with van der Waals surface area (Å²) >= 11 is 0. The van der Waals surface area contributed by atoms with Gasteiger partial charge >= 0.3 is 0 Å². The van der Waals surface area contributed by atoms with Crippen LogP contribution >= 0.6 is 0 Å². The van der Waals surface area contributed by atoms with E-state index in [-0.39, 0.29) is 11.6 Å². The van der Waals surface area contributed by atoms with Gasteiger partial charge in [-0.1, -0.05) is 30.3 Å². The molecule has 0 spiro atoms. The van der Waals surface area contributed by atoms with Crippen molar-refractivity contribution >= 4 is 28.9 Å². The molecule has 150 valence electrons. The number of ketones is 2. The molecule has 7 nitrogen and oxygen atoms in total. The summed E-state index contributed by atoms with van der Waals surface area (Å²) in [4.78, 5) is 29.0. The first kappa shape index (κ1) is 20.3. The van der Waals surface area contributed by atoms with Crippen molar-refractivity contribution in [3.63, 3.8) is 0 Å². The Hall–Kier alpha value is -3.45. The minimum Gasteiger partial charge on any atom is -0.497 e. The number of aliphatic imine (C=N–C) groups is 1. The fourth-order valence-electron chi connectivity index (χ4n) is 3.28. The van der Waals surface area contributed by atoms with Crippen LogP contribution in [0.25, 0.3) is 5.70 Å². The molecule has 1 unspecified atom stereocenters. The molecule has 2 aromatic carbocycles. The number of nitrogens with zero attached hydrogens (tertiary/aromatic N) is 2. The van der Waals surface area contributed by atoms with Crippen molar-refractivity contribution in [3.05, 3.63) is 66.2 Å². The highest BCUT2D eigenvalue weighted by atomic mass is 16.5. The van der Waals surface area contributed by atoms with Crippen molar-refractivity contribution in [1.29, 1.82) is 0 Å². The van der Waals surface area contributed by atoms with Gasteiger partial charge in [0.25, 0.3) is 0 Å². The molecule has 1 heterocycles. The second kappa shape index (κ2) is 8.70. The molecule has 1 aliphatic rings. The molecule has 29 heavy (non-hydrogen) atoms. The maximum absolute atomic E-state index is 12.2. The number of hydrogen-bond donors (Lipinski definition) is 2. The summed E-state index contributed by atoms with van der Waals surface area (Å²) in [6.45, 7) is 2.80. The van der Waals surface area contributed by atoms with Crippen molar-refractivity contribution in [2.24, 2.45) is 16.8 Å². The van der Waals surface area contributed by atoms with Gasteiger partial charge in [-0.3, -0.25) is 14.6 Å². The Morgan fingerprint density at radius 3 is 2.24 bits per heavy atom. The molecule has 3 N–H and O–H groups in total. The van der Waals surface area contributed by atoms with E-state index in [1.165, 1.54) is 18.9 Å². The van der Waals surface area contributed by atoms with Gasteiger partial charge < -0.3 is 10.1 Å². The summed E-state index contributed by atoms with van der Waals surface area (Å²) in [5.41, 5.74) is 2.25. The van der Waals surface area contributed by atoms with Crippen LogP contribution in [0.2, 0.25) is 0 Å². The molecule has 0 amide bonds. The molecular formula is C22H24N4O3. The lowest BCUT2D eigenvalue weighted by Gasteiger charge is -2.35. The van der Waals surface area contributed by atoms with Gasteiger partial charge in [-0.05, 0) is 49.8 Å². The fourth-order valence-corrected chi connectivity index (χ4v) is 3.28. The van der Waals surface area contributed by atoms with E-state index >= 15 is 0 Å². The van der Waals surface area contributed by atoms with Crippen LogP contribution in [0, 0.1) is 5.92 Å². The van der Waals surface area contributed by atoms with Gasteiger partial charge in [0.15, 0.2) is 0 Å². The van der Waals surface area contributed by atoms with Gasteiger partial charge in [-0.15, -0.1) is 0 Å². The maximum Gasteiger partial charge on any atom is 0.218 e. The molecule has 1 aliphatic heterocycles. The Morgan fingerprint density at radius 2 is 1.69 bits per heavy atom. The molecule has 0 aromatic heterocycles. The van der Waals surface area contributed by atoms with E-state index in [2.05, 4.69) is 10.3 Å². The summed E-state index contributed by atoms with van der Waals surface area (Å²) in [6, 6.07) is 16.2. The number of nitrogens with one attached hydrogen (secondary N) is 1. The minimum absolute atomic E-state index is 0.243. The van der Waals surface area contributed by atoms with Gasteiger partial charge in [-0.2, -0.15) is 0 Å². The molecule has 2 aromatic rings. The zero-order valence-corrected chi connectivity index (χ0v) is 16.6. The number of ether oxygens (including phenoxy) is 1. The SMILES string of the molecule is COc1ccc(NC2=NC(c3ccccc3)=CC(C(C(C)=O)C(C)=O)N2N)cc1. The van der Waals surface area contributed by atoms with E-state index in [1.807, 2.05) is 54.6 Å². The summed E-state index contributed by atoms with van der Waals surface area (Å²) in [7, 11) is 1.60. The average Bonchev–Trinajstić information content (AvgIpc) is 2.71. The van der Waals surface area contributed by atoms with Gasteiger partial charge in [0.2, 0.25) is 5.96 Å². The zero-order valence-electron chi connectivity index (χ0n) is 16.6. The Kier molecular flexibility index (Phi) is 6.09. The largest absolute Gasteiger partial charge is 0.497 e. The second-order valence-corrected chi connectivity index (χ2v) is 6.80. The van der Waals surface area contributed by atoms with Crippen molar-refractivity contribution in [3.8, 4) is 5.75 Å². The number of carbonyl (C=O) groups is 2. The number of nitrogens with two attached hydrogens (primary N) is 1. The van der Waals surface area contributed by atoms with Crippen LogP contribution in [-0.2, 0) is 9.59 Å². The Morgan fingerprint density at radius 1 is 1.07 bits per heavy atom. The average molecular weight is 392 g/mol. The van der Waals surface area contributed by atoms with Crippen molar-refractivity contribution in [1.82, 2.24) is 5.01 Å². The smallest absolute Gasteiger partial charge is 0.218 e. The Balaban J connectivity index is 2.01. The number of rotatable bonds is 6. The van der Waals surface area contributed by atoms with Gasteiger partial charge in [0.05, 0.1) is 18.8 Å². The molecule has 0 saturated carbocycles. The molecule has 0 radical (unpaired) electrons. The molecular weight excluding hydrogens is 368 g/mol. The first-order valence-corrected chi connectivity index (χ1v) is 9.22. The lowest BCUT2D eigenvalue weighted by Crippen LogP contribution is -2.55. The lowest BCUT2D eigenvalue weighted by atomic mass is 9.89. The second-order valence-electron chi connectivity index (χ2n) is 6.80.